The minimum absolute atomic E-state index is 0.774. The maximum Gasteiger partial charge on any atom is 0.0976 e. The molecule has 0 bridgehead atoms. The van der Waals surface area contributed by atoms with E-state index in [2.05, 4.69) is 36.6 Å². The van der Waals surface area contributed by atoms with Crippen LogP contribution in [0, 0.1) is 6.92 Å². The van der Waals surface area contributed by atoms with Crippen molar-refractivity contribution in [2.75, 3.05) is 5.73 Å². The number of nitrogen functional groups attached to an aromatic ring is 1. The molecule has 0 saturated heterocycles. The predicted octanol–water partition coefficient (Wildman–Crippen LogP) is 4.29. The summed E-state index contributed by atoms with van der Waals surface area (Å²) in [7, 11) is 0. The molecule has 1 heterocycles. The lowest BCUT2D eigenvalue weighted by molar-refractivity contribution is 1.13. The van der Waals surface area contributed by atoms with Gasteiger partial charge in [0.2, 0.25) is 0 Å². The zero-order valence-electron chi connectivity index (χ0n) is 11.3. The van der Waals surface area contributed by atoms with Gasteiger partial charge in [-0.05, 0) is 24.6 Å². The molecule has 0 aliphatic heterocycles. The van der Waals surface area contributed by atoms with Crippen LogP contribution >= 0.6 is 11.3 Å². The molecule has 0 aliphatic rings. The van der Waals surface area contributed by atoms with E-state index in [1.165, 1.54) is 11.1 Å². The highest BCUT2D eigenvalue weighted by atomic mass is 32.1. The number of benzene rings is 2. The molecule has 0 saturated carbocycles. The van der Waals surface area contributed by atoms with Gasteiger partial charge >= 0.3 is 0 Å². The van der Waals surface area contributed by atoms with E-state index in [1.807, 2.05) is 24.3 Å². The standard InChI is InChI=1S/C17H16N2S/c1-12-4-2-5-13(8-12)9-17-19-16(11-20-17)14-6-3-7-15(18)10-14/h2-8,10-11H,9,18H2,1H3. The first-order valence-corrected chi connectivity index (χ1v) is 7.44. The number of aryl methyl sites for hydroxylation is 1. The Kier molecular flexibility index (Phi) is 3.52. The number of rotatable bonds is 3. The van der Waals surface area contributed by atoms with Crippen LogP contribution in [0.4, 0.5) is 5.69 Å². The summed E-state index contributed by atoms with van der Waals surface area (Å²) < 4.78 is 0. The summed E-state index contributed by atoms with van der Waals surface area (Å²) in [6.45, 7) is 2.11. The summed E-state index contributed by atoms with van der Waals surface area (Å²) in [5, 5.41) is 3.23. The fourth-order valence-corrected chi connectivity index (χ4v) is 3.06. The Morgan fingerprint density at radius 3 is 2.75 bits per heavy atom. The molecule has 2 aromatic carbocycles. The van der Waals surface area contributed by atoms with Crippen molar-refractivity contribution in [3.05, 3.63) is 70.0 Å². The molecule has 2 nitrogen and oxygen atoms in total. The van der Waals surface area contributed by atoms with Gasteiger partial charge in [0.1, 0.15) is 0 Å². The molecule has 3 heteroatoms. The molecule has 0 aliphatic carbocycles. The van der Waals surface area contributed by atoms with Crippen molar-refractivity contribution in [3.8, 4) is 11.3 Å². The minimum Gasteiger partial charge on any atom is -0.399 e. The second kappa shape index (κ2) is 5.47. The zero-order chi connectivity index (χ0) is 13.9. The van der Waals surface area contributed by atoms with E-state index in [9.17, 15) is 0 Å². The molecule has 0 fully saturated rings. The first kappa shape index (κ1) is 12.9. The predicted molar refractivity (Wildman–Crippen MR) is 85.9 cm³/mol. The third-order valence-electron chi connectivity index (χ3n) is 3.17. The fraction of sp³-hybridized carbons (Fsp3) is 0.118. The Morgan fingerprint density at radius 2 is 1.95 bits per heavy atom. The highest BCUT2D eigenvalue weighted by Gasteiger charge is 2.06. The summed E-state index contributed by atoms with van der Waals surface area (Å²) in [4.78, 5) is 4.71. The third-order valence-corrected chi connectivity index (χ3v) is 4.02. The van der Waals surface area contributed by atoms with Crippen LogP contribution in [0.25, 0.3) is 11.3 Å². The fourth-order valence-electron chi connectivity index (χ4n) is 2.22. The molecule has 0 radical (unpaired) electrons. The van der Waals surface area contributed by atoms with Crippen LogP contribution in [0.1, 0.15) is 16.1 Å². The van der Waals surface area contributed by atoms with E-state index in [1.54, 1.807) is 11.3 Å². The molecular formula is C17H16N2S. The lowest BCUT2D eigenvalue weighted by Gasteiger charge is -2.00. The van der Waals surface area contributed by atoms with E-state index in [-0.39, 0.29) is 0 Å². The Hall–Kier alpha value is -2.13. The summed E-state index contributed by atoms with van der Waals surface area (Å²) in [5.74, 6) is 0. The molecular weight excluding hydrogens is 264 g/mol. The Labute approximate surface area is 122 Å². The van der Waals surface area contributed by atoms with Gasteiger partial charge in [-0.15, -0.1) is 11.3 Å². The van der Waals surface area contributed by atoms with Gasteiger partial charge < -0.3 is 5.73 Å². The molecule has 0 unspecified atom stereocenters. The molecule has 3 aromatic rings. The van der Waals surface area contributed by atoms with Crippen molar-refractivity contribution < 1.29 is 0 Å². The third kappa shape index (κ3) is 2.89. The van der Waals surface area contributed by atoms with Crippen molar-refractivity contribution in [2.45, 2.75) is 13.3 Å². The van der Waals surface area contributed by atoms with Crippen molar-refractivity contribution in [1.29, 1.82) is 0 Å². The van der Waals surface area contributed by atoms with Crippen LogP contribution in [0.5, 0.6) is 0 Å². The number of thiazole rings is 1. The Bertz CT molecular complexity index is 731. The smallest absolute Gasteiger partial charge is 0.0976 e. The SMILES string of the molecule is Cc1cccc(Cc2nc(-c3cccc(N)c3)cs2)c1. The van der Waals surface area contributed by atoms with Crippen LogP contribution in [0.2, 0.25) is 0 Å². The van der Waals surface area contributed by atoms with Crippen LogP contribution in [0.15, 0.2) is 53.9 Å². The molecule has 0 atom stereocenters. The van der Waals surface area contributed by atoms with Crippen LogP contribution < -0.4 is 5.73 Å². The van der Waals surface area contributed by atoms with E-state index in [0.29, 0.717) is 0 Å². The second-order valence-electron chi connectivity index (χ2n) is 4.92. The molecule has 0 spiro atoms. The largest absolute Gasteiger partial charge is 0.399 e. The minimum atomic E-state index is 0.774. The molecule has 20 heavy (non-hydrogen) atoms. The summed E-state index contributed by atoms with van der Waals surface area (Å²) in [6.07, 6.45) is 0.884. The average Bonchev–Trinajstić information content (AvgIpc) is 2.87. The number of hydrogen-bond donors (Lipinski definition) is 1. The Morgan fingerprint density at radius 1 is 1.10 bits per heavy atom. The second-order valence-corrected chi connectivity index (χ2v) is 5.86. The van der Waals surface area contributed by atoms with Crippen molar-refractivity contribution in [3.63, 3.8) is 0 Å². The van der Waals surface area contributed by atoms with Gasteiger partial charge in [0.15, 0.2) is 0 Å². The maximum absolute atomic E-state index is 5.82. The first-order chi connectivity index (χ1) is 9.70. The zero-order valence-corrected chi connectivity index (χ0v) is 12.2. The number of nitrogens with two attached hydrogens (primary N) is 1. The maximum atomic E-state index is 5.82. The van der Waals surface area contributed by atoms with Crippen molar-refractivity contribution in [2.24, 2.45) is 0 Å². The van der Waals surface area contributed by atoms with Gasteiger partial charge in [-0.3, -0.25) is 0 Å². The van der Waals surface area contributed by atoms with Crippen LogP contribution in [0.3, 0.4) is 0 Å². The lowest BCUT2D eigenvalue weighted by atomic mass is 10.1. The van der Waals surface area contributed by atoms with E-state index in [0.717, 1.165) is 28.4 Å². The highest BCUT2D eigenvalue weighted by molar-refractivity contribution is 7.10. The highest BCUT2D eigenvalue weighted by Crippen LogP contribution is 2.24. The van der Waals surface area contributed by atoms with Gasteiger partial charge in [0.25, 0.3) is 0 Å². The number of nitrogens with zero attached hydrogens (tertiary/aromatic N) is 1. The molecule has 100 valence electrons. The summed E-state index contributed by atoms with van der Waals surface area (Å²) in [5.41, 5.74) is 11.3. The normalized spacial score (nSPS) is 10.7. The van der Waals surface area contributed by atoms with E-state index < -0.39 is 0 Å². The van der Waals surface area contributed by atoms with E-state index in [4.69, 9.17) is 10.7 Å². The quantitative estimate of drug-likeness (QED) is 0.727. The van der Waals surface area contributed by atoms with Gasteiger partial charge in [-0.2, -0.15) is 0 Å². The molecule has 3 rings (SSSR count). The average molecular weight is 280 g/mol. The van der Waals surface area contributed by atoms with Crippen LogP contribution in [-0.2, 0) is 6.42 Å². The van der Waals surface area contributed by atoms with E-state index >= 15 is 0 Å². The first-order valence-electron chi connectivity index (χ1n) is 6.56. The monoisotopic (exact) mass is 280 g/mol. The van der Waals surface area contributed by atoms with Gasteiger partial charge in [0.05, 0.1) is 10.7 Å². The summed E-state index contributed by atoms with van der Waals surface area (Å²) >= 11 is 1.70. The van der Waals surface area contributed by atoms with Crippen molar-refractivity contribution in [1.82, 2.24) is 4.98 Å². The van der Waals surface area contributed by atoms with Crippen molar-refractivity contribution >= 4 is 17.0 Å². The van der Waals surface area contributed by atoms with Crippen LogP contribution in [-0.4, -0.2) is 4.98 Å². The Balaban J connectivity index is 1.84. The summed E-state index contributed by atoms with van der Waals surface area (Å²) in [6, 6.07) is 16.4. The van der Waals surface area contributed by atoms with Gasteiger partial charge in [-0.1, -0.05) is 42.0 Å². The molecule has 0 amide bonds. The number of hydrogen-bond acceptors (Lipinski definition) is 3. The number of aromatic nitrogens is 1. The lowest BCUT2D eigenvalue weighted by Crippen LogP contribution is -1.89. The number of anilines is 1. The van der Waals surface area contributed by atoms with Gasteiger partial charge in [-0.25, -0.2) is 4.98 Å². The molecule has 1 aromatic heterocycles. The molecule has 2 N–H and O–H groups in total. The topological polar surface area (TPSA) is 38.9 Å². The van der Waals surface area contributed by atoms with Gasteiger partial charge in [0, 0.05) is 23.1 Å².